The first-order valence-electron chi connectivity index (χ1n) is 23.6. The van der Waals surface area contributed by atoms with Gasteiger partial charge in [0, 0.05) is 12.8 Å². The van der Waals surface area contributed by atoms with E-state index in [0.29, 0.717) is 12.8 Å². The fourth-order valence-corrected chi connectivity index (χ4v) is 8.17. The van der Waals surface area contributed by atoms with Gasteiger partial charge in [0.1, 0.15) is 43.2 Å². The largest absolute Gasteiger partial charge is 0.472 e. The van der Waals surface area contributed by atoms with Crippen molar-refractivity contribution in [1.82, 2.24) is 0 Å². The summed E-state index contributed by atoms with van der Waals surface area (Å²) in [5.74, 6) is -1.10. The molecule has 1 fully saturated rings. The van der Waals surface area contributed by atoms with Crippen LogP contribution < -0.4 is 0 Å². The van der Waals surface area contributed by atoms with Crippen LogP contribution in [0.5, 0.6) is 0 Å². The Morgan fingerprint density at radius 3 is 1.38 bits per heavy atom. The summed E-state index contributed by atoms with van der Waals surface area (Å²) in [5, 5.41) is 50.1. The van der Waals surface area contributed by atoms with Crippen LogP contribution >= 0.6 is 7.82 Å². The van der Waals surface area contributed by atoms with Gasteiger partial charge >= 0.3 is 19.8 Å². The van der Waals surface area contributed by atoms with Crippen LogP contribution in [0.3, 0.4) is 0 Å². The van der Waals surface area contributed by atoms with Crippen LogP contribution in [0.2, 0.25) is 0 Å². The molecule has 0 bridgehead atoms. The van der Waals surface area contributed by atoms with Gasteiger partial charge in [0.2, 0.25) is 0 Å². The number of aliphatic hydroxyl groups is 5. The SMILES string of the molecule is CCCCC/C=C\C/C=C\CCCCCCCCCC(=O)O[C@H](COC(=O)CCCCCCCCCCCCCCCC)COP(=O)(O)OC1C(O)C(O)C(O)[C@@H](O)C1O. The van der Waals surface area contributed by atoms with Crippen LogP contribution in [-0.4, -0.2) is 98.3 Å². The molecule has 0 amide bonds. The molecule has 0 aromatic heterocycles. The van der Waals surface area contributed by atoms with Gasteiger partial charge in [0.25, 0.3) is 0 Å². The number of carbonyl (C=O) groups is 2. The van der Waals surface area contributed by atoms with Gasteiger partial charge in [-0.15, -0.1) is 0 Å². The maximum absolute atomic E-state index is 12.8. The molecule has 14 heteroatoms. The lowest BCUT2D eigenvalue weighted by atomic mass is 9.85. The zero-order valence-corrected chi connectivity index (χ0v) is 38.2. The zero-order chi connectivity index (χ0) is 44.3. The standard InChI is InChI=1S/C46H85O13P/c1-3-5-7-9-11-13-15-17-19-20-21-23-25-27-29-31-33-35-40(48)58-38(37-57-60(54,55)59-46-44(52)42(50)41(49)43(51)45(46)53)36-56-39(47)34-32-30-28-26-24-22-18-16-14-12-10-8-6-4-2/h11,13,17,19,38,41-46,49-53H,3-10,12,14-16,18,20-37H2,1-2H3,(H,54,55)/b13-11-,19-17-/t38-,41?,42-,43?,44?,45?,46?/m1/s1. The molecule has 0 heterocycles. The Morgan fingerprint density at radius 2 is 0.900 bits per heavy atom. The van der Waals surface area contributed by atoms with E-state index in [2.05, 4.69) is 38.2 Å². The minimum absolute atomic E-state index is 0.0905. The fraction of sp³-hybridized carbons (Fsp3) is 0.870. The summed E-state index contributed by atoms with van der Waals surface area (Å²) in [6.07, 6.45) is 26.5. The summed E-state index contributed by atoms with van der Waals surface area (Å²) in [5.41, 5.74) is 0. The zero-order valence-electron chi connectivity index (χ0n) is 37.3. The summed E-state index contributed by atoms with van der Waals surface area (Å²) in [4.78, 5) is 35.7. The van der Waals surface area contributed by atoms with E-state index in [1.54, 1.807) is 0 Å². The number of ether oxygens (including phenoxy) is 2. The third-order valence-electron chi connectivity index (χ3n) is 11.0. The van der Waals surface area contributed by atoms with Crippen molar-refractivity contribution in [3.63, 3.8) is 0 Å². The summed E-state index contributed by atoms with van der Waals surface area (Å²) >= 11 is 0. The van der Waals surface area contributed by atoms with Crippen LogP contribution in [-0.2, 0) is 32.7 Å². The molecule has 1 aliphatic carbocycles. The molecule has 6 unspecified atom stereocenters. The van der Waals surface area contributed by atoms with Crippen molar-refractivity contribution in [1.29, 1.82) is 0 Å². The van der Waals surface area contributed by atoms with E-state index in [9.17, 15) is 44.6 Å². The lowest BCUT2D eigenvalue weighted by Crippen LogP contribution is -2.64. The number of hydrogen-bond donors (Lipinski definition) is 6. The molecule has 0 aromatic rings. The van der Waals surface area contributed by atoms with Crippen molar-refractivity contribution in [3.05, 3.63) is 24.3 Å². The molecule has 0 aromatic carbocycles. The Morgan fingerprint density at radius 1 is 0.517 bits per heavy atom. The lowest BCUT2D eigenvalue weighted by molar-refractivity contribution is -0.220. The number of unbranched alkanes of at least 4 members (excludes halogenated alkanes) is 23. The Bertz CT molecular complexity index is 1150. The number of aliphatic hydroxyl groups excluding tert-OH is 5. The molecule has 352 valence electrons. The van der Waals surface area contributed by atoms with Crippen molar-refractivity contribution < 1.29 is 63.1 Å². The second-order valence-corrected chi connectivity index (χ2v) is 18.0. The van der Waals surface area contributed by atoms with Crippen LogP contribution in [0.4, 0.5) is 0 Å². The summed E-state index contributed by atoms with van der Waals surface area (Å²) < 4.78 is 33.5. The first-order valence-corrected chi connectivity index (χ1v) is 25.1. The highest BCUT2D eigenvalue weighted by atomic mass is 31.2. The van der Waals surface area contributed by atoms with Gasteiger partial charge in [-0.3, -0.25) is 18.6 Å². The smallest absolute Gasteiger partial charge is 0.462 e. The fourth-order valence-electron chi connectivity index (χ4n) is 7.20. The summed E-state index contributed by atoms with van der Waals surface area (Å²) in [6, 6.07) is 0. The maximum atomic E-state index is 12.8. The molecular weight excluding hydrogens is 791 g/mol. The molecule has 0 radical (unpaired) electrons. The molecule has 60 heavy (non-hydrogen) atoms. The number of phosphoric acid groups is 1. The quantitative estimate of drug-likeness (QED) is 0.0147. The van der Waals surface area contributed by atoms with Gasteiger partial charge < -0.3 is 39.9 Å². The Balaban J connectivity index is 2.45. The molecular formula is C46H85O13P. The Hall–Kier alpha value is -1.67. The van der Waals surface area contributed by atoms with Gasteiger partial charge in [-0.1, -0.05) is 167 Å². The van der Waals surface area contributed by atoms with E-state index in [4.69, 9.17) is 18.5 Å². The minimum atomic E-state index is -5.12. The van der Waals surface area contributed by atoms with Crippen molar-refractivity contribution >= 4 is 19.8 Å². The molecule has 1 aliphatic rings. The highest BCUT2D eigenvalue weighted by molar-refractivity contribution is 7.47. The molecule has 6 N–H and O–H groups in total. The monoisotopic (exact) mass is 877 g/mol. The average Bonchev–Trinajstić information content (AvgIpc) is 3.23. The number of phosphoric ester groups is 1. The average molecular weight is 877 g/mol. The second-order valence-electron chi connectivity index (χ2n) is 16.6. The first kappa shape index (κ1) is 56.3. The first-order chi connectivity index (χ1) is 28.9. The normalized spacial score (nSPS) is 22.3. The topological polar surface area (TPSA) is 210 Å². The van der Waals surface area contributed by atoms with E-state index >= 15 is 0 Å². The number of hydrogen-bond acceptors (Lipinski definition) is 12. The molecule has 13 nitrogen and oxygen atoms in total. The summed E-state index contributed by atoms with van der Waals surface area (Å²) in [6.45, 7) is 3.28. The highest BCUT2D eigenvalue weighted by Gasteiger charge is 2.51. The third kappa shape index (κ3) is 28.8. The van der Waals surface area contributed by atoms with E-state index in [-0.39, 0.29) is 12.8 Å². The molecule has 0 saturated heterocycles. The van der Waals surface area contributed by atoms with Crippen LogP contribution in [0.1, 0.15) is 200 Å². The third-order valence-corrected chi connectivity index (χ3v) is 12.0. The van der Waals surface area contributed by atoms with Crippen LogP contribution in [0.25, 0.3) is 0 Å². The molecule has 8 atom stereocenters. The van der Waals surface area contributed by atoms with Gasteiger partial charge in [-0.05, 0) is 44.9 Å². The van der Waals surface area contributed by atoms with Crippen molar-refractivity contribution in [2.75, 3.05) is 13.2 Å². The molecule has 1 rings (SSSR count). The number of carbonyl (C=O) groups excluding carboxylic acids is 2. The van der Waals surface area contributed by atoms with Gasteiger partial charge in [0.15, 0.2) is 6.10 Å². The number of rotatable bonds is 39. The van der Waals surface area contributed by atoms with E-state index < -0.39 is 75.7 Å². The van der Waals surface area contributed by atoms with E-state index in [1.807, 2.05) is 0 Å². The summed E-state index contributed by atoms with van der Waals surface area (Å²) in [7, 11) is -5.12. The Labute approximate surface area is 362 Å². The van der Waals surface area contributed by atoms with Gasteiger partial charge in [-0.25, -0.2) is 4.57 Å². The maximum Gasteiger partial charge on any atom is 0.472 e. The van der Waals surface area contributed by atoms with Crippen molar-refractivity contribution in [2.24, 2.45) is 0 Å². The van der Waals surface area contributed by atoms with Gasteiger partial charge in [0.05, 0.1) is 6.61 Å². The van der Waals surface area contributed by atoms with Crippen molar-refractivity contribution in [2.45, 2.75) is 243 Å². The lowest BCUT2D eigenvalue weighted by Gasteiger charge is -2.41. The molecule has 1 saturated carbocycles. The molecule has 0 spiro atoms. The minimum Gasteiger partial charge on any atom is -0.462 e. The number of allylic oxidation sites excluding steroid dienone is 4. The Kier molecular flexibility index (Phi) is 34.5. The molecule has 0 aliphatic heterocycles. The van der Waals surface area contributed by atoms with E-state index in [0.717, 1.165) is 77.0 Å². The predicted octanol–water partition coefficient (Wildman–Crippen LogP) is 9.23. The highest BCUT2D eigenvalue weighted by Crippen LogP contribution is 2.47. The van der Waals surface area contributed by atoms with Crippen LogP contribution in [0.15, 0.2) is 24.3 Å². The van der Waals surface area contributed by atoms with E-state index in [1.165, 1.54) is 83.5 Å². The second kappa shape index (κ2) is 36.8. The van der Waals surface area contributed by atoms with Crippen LogP contribution in [0, 0.1) is 0 Å². The number of esters is 2. The predicted molar refractivity (Wildman–Crippen MR) is 235 cm³/mol. The van der Waals surface area contributed by atoms with Gasteiger partial charge in [-0.2, -0.15) is 0 Å². The van der Waals surface area contributed by atoms with Crippen molar-refractivity contribution in [3.8, 4) is 0 Å².